The fourth-order valence-electron chi connectivity index (χ4n) is 3.24. The van der Waals surface area contributed by atoms with Crippen LogP contribution in [-0.2, 0) is 11.3 Å². The molecule has 1 N–H and O–H groups in total. The lowest BCUT2D eigenvalue weighted by Gasteiger charge is -2.40. The average molecular weight is 295 g/mol. The summed E-state index contributed by atoms with van der Waals surface area (Å²) in [5, 5.41) is 7.60. The van der Waals surface area contributed by atoms with Crippen LogP contribution in [0.4, 0.5) is 0 Å². The molecule has 0 aliphatic heterocycles. The predicted molar refractivity (Wildman–Crippen MR) is 81.8 cm³/mol. The second-order valence-electron chi connectivity index (χ2n) is 7.17. The van der Waals surface area contributed by atoms with Gasteiger partial charge in [-0.25, -0.2) is 0 Å². The molecule has 21 heavy (non-hydrogen) atoms. The summed E-state index contributed by atoms with van der Waals surface area (Å²) in [7, 11) is 1.65. The fourth-order valence-corrected chi connectivity index (χ4v) is 3.24. The Morgan fingerprint density at radius 3 is 2.71 bits per heavy atom. The molecule has 1 aliphatic rings. The zero-order valence-corrected chi connectivity index (χ0v) is 14.0. The maximum atomic E-state index is 5.30. The van der Waals surface area contributed by atoms with E-state index in [1.807, 2.05) is 6.92 Å². The Hall–Kier alpha value is -0.940. The Balaban J connectivity index is 1.93. The van der Waals surface area contributed by atoms with E-state index in [1.165, 1.54) is 25.7 Å². The molecule has 1 saturated carbocycles. The highest BCUT2D eigenvalue weighted by Crippen LogP contribution is 2.38. The van der Waals surface area contributed by atoms with Gasteiger partial charge in [0.15, 0.2) is 5.82 Å². The molecule has 2 rings (SSSR count). The minimum Gasteiger partial charge on any atom is -0.374 e. The van der Waals surface area contributed by atoms with Crippen molar-refractivity contribution in [1.82, 2.24) is 15.5 Å². The summed E-state index contributed by atoms with van der Waals surface area (Å²) < 4.78 is 10.5. The molecule has 0 spiro atoms. The maximum Gasteiger partial charge on any atom is 0.240 e. The molecule has 3 atom stereocenters. The van der Waals surface area contributed by atoms with Gasteiger partial charge in [-0.15, -0.1) is 0 Å². The second kappa shape index (κ2) is 6.88. The first-order chi connectivity index (χ1) is 9.91. The van der Waals surface area contributed by atoms with Gasteiger partial charge in [-0.05, 0) is 31.1 Å². The van der Waals surface area contributed by atoms with Crippen LogP contribution in [0.5, 0.6) is 0 Å². The first-order valence-electron chi connectivity index (χ1n) is 8.00. The number of methoxy groups -OCH3 is 1. The number of hydrogen-bond donors (Lipinski definition) is 1. The van der Waals surface area contributed by atoms with Gasteiger partial charge in [-0.3, -0.25) is 0 Å². The first-order valence-corrected chi connectivity index (χ1v) is 8.00. The highest BCUT2D eigenvalue weighted by Gasteiger charge is 2.33. The molecule has 0 bridgehead atoms. The number of rotatable bonds is 5. The molecule has 1 aromatic heterocycles. The molecule has 1 aliphatic carbocycles. The molecular formula is C16H29N3O2. The standard InChI is InChI=1S/C16H29N3O2/c1-11(20-5)15-18-14(21-19-15)10-17-13-9-7-6-8-12(13)16(2,3)4/h11-13,17H,6-10H2,1-5H3/t11-,12-,13-/m1/s1. The van der Waals surface area contributed by atoms with Crippen LogP contribution in [0.2, 0.25) is 0 Å². The summed E-state index contributed by atoms with van der Waals surface area (Å²) >= 11 is 0. The zero-order chi connectivity index (χ0) is 15.5. The highest BCUT2D eigenvalue weighted by atomic mass is 16.5. The minimum atomic E-state index is -0.125. The summed E-state index contributed by atoms with van der Waals surface area (Å²) in [6.07, 6.45) is 5.06. The molecule has 0 aromatic carbocycles. The number of hydrogen-bond acceptors (Lipinski definition) is 5. The summed E-state index contributed by atoms with van der Waals surface area (Å²) in [5.41, 5.74) is 0.336. The van der Waals surface area contributed by atoms with Crippen LogP contribution in [0.25, 0.3) is 0 Å². The maximum absolute atomic E-state index is 5.30. The Labute approximate surface area is 127 Å². The Morgan fingerprint density at radius 1 is 1.33 bits per heavy atom. The van der Waals surface area contributed by atoms with Gasteiger partial charge in [0.25, 0.3) is 0 Å². The van der Waals surface area contributed by atoms with Crippen molar-refractivity contribution < 1.29 is 9.26 Å². The molecule has 0 radical (unpaired) electrons. The SMILES string of the molecule is CO[C@H](C)c1noc(CN[C@@H]2CCCC[C@H]2C(C)(C)C)n1. The van der Waals surface area contributed by atoms with E-state index < -0.39 is 0 Å². The Bertz CT molecular complexity index is 439. The van der Waals surface area contributed by atoms with Gasteiger partial charge >= 0.3 is 0 Å². The fraction of sp³-hybridized carbons (Fsp3) is 0.875. The summed E-state index contributed by atoms with van der Waals surface area (Å²) in [4.78, 5) is 4.39. The van der Waals surface area contributed by atoms with Crippen molar-refractivity contribution >= 4 is 0 Å². The van der Waals surface area contributed by atoms with Gasteiger partial charge in [0.2, 0.25) is 5.89 Å². The van der Waals surface area contributed by atoms with E-state index in [0.717, 1.165) is 0 Å². The Kier molecular flexibility index (Phi) is 5.38. The molecule has 1 heterocycles. The molecule has 1 fully saturated rings. The van der Waals surface area contributed by atoms with Crippen molar-refractivity contribution in [2.24, 2.45) is 11.3 Å². The third-order valence-electron chi connectivity index (χ3n) is 4.59. The monoisotopic (exact) mass is 295 g/mol. The third-order valence-corrected chi connectivity index (χ3v) is 4.59. The zero-order valence-electron chi connectivity index (χ0n) is 14.0. The van der Waals surface area contributed by atoms with Crippen molar-refractivity contribution in [1.29, 1.82) is 0 Å². The van der Waals surface area contributed by atoms with E-state index in [1.54, 1.807) is 7.11 Å². The van der Waals surface area contributed by atoms with E-state index >= 15 is 0 Å². The minimum absolute atomic E-state index is 0.125. The van der Waals surface area contributed by atoms with Gasteiger partial charge in [-0.1, -0.05) is 38.8 Å². The summed E-state index contributed by atoms with van der Waals surface area (Å²) in [6, 6.07) is 0.536. The highest BCUT2D eigenvalue weighted by molar-refractivity contribution is 4.92. The van der Waals surface area contributed by atoms with Gasteiger partial charge in [0.05, 0.1) is 6.54 Å². The smallest absolute Gasteiger partial charge is 0.240 e. The number of nitrogens with one attached hydrogen (secondary N) is 1. The van der Waals surface area contributed by atoms with Gasteiger partial charge in [0, 0.05) is 13.2 Å². The van der Waals surface area contributed by atoms with E-state index in [9.17, 15) is 0 Å². The lowest BCUT2D eigenvalue weighted by molar-refractivity contribution is 0.109. The lowest BCUT2D eigenvalue weighted by Crippen LogP contribution is -2.43. The van der Waals surface area contributed by atoms with Crippen molar-refractivity contribution in [3.63, 3.8) is 0 Å². The average Bonchev–Trinajstić information content (AvgIpc) is 2.92. The molecule has 1 aromatic rings. The molecule has 120 valence electrons. The normalized spacial score (nSPS) is 25.0. The molecule has 0 saturated heterocycles. The molecule has 0 unspecified atom stereocenters. The van der Waals surface area contributed by atoms with Crippen LogP contribution >= 0.6 is 0 Å². The third kappa shape index (κ3) is 4.27. The van der Waals surface area contributed by atoms with Gasteiger partial charge < -0.3 is 14.6 Å². The van der Waals surface area contributed by atoms with Crippen LogP contribution in [0, 0.1) is 11.3 Å². The second-order valence-corrected chi connectivity index (χ2v) is 7.17. The van der Waals surface area contributed by atoms with Crippen molar-refractivity contribution in [3.05, 3.63) is 11.7 Å². The van der Waals surface area contributed by atoms with E-state index in [-0.39, 0.29) is 6.10 Å². The van der Waals surface area contributed by atoms with Crippen molar-refractivity contribution in [3.8, 4) is 0 Å². The molecule has 5 nitrogen and oxygen atoms in total. The largest absolute Gasteiger partial charge is 0.374 e. The van der Waals surface area contributed by atoms with Crippen LogP contribution in [0.3, 0.4) is 0 Å². The number of nitrogens with zero attached hydrogens (tertiary/aromatic N) is 2. The van der Waals surface area contributed by atoms with Gasteiger partial charge in [-0.2, -0.15) is 4.98 Å². The predicted octanol–water partition coefficient (Wildman–Crippen LogP) is 3.47. The van der Waals surface area contributed by atoms with Gasteiger partial charge in [0.1, 0.15) is 6.10 Å². The van der Waals surface area contributed by atoms with Crippen LogP contribution < -0.4 is 5.32 Å². The lowest BCUT2D eigenvalue weighted by atomic mass is 9.69. The Morgan fingerprint density at radius 2 is 2.05 bits per heavy atom. The topological polar surface area (TPSA) is 60.2 Å². The quantitative estimate of drug-likeness (QED) is 0.901. The van der Waals surface area contributed by atoms with Crippen LogP contribution in [0.1, 0.15) is 71.2 Å². The van der Waals surface area contributed by atoms with E-state index in [0.29, 0.717) is 35.6 Å². The summed E-state index contributed by atoms with van der Waals surface area (Å²) in [6.45, 7) is 9.56. The van der Waals surface area contributed by atoms with Crippen LogP contribution in [0.15, 0.2) is 4.52 Å². The van der Waals surface area contributed by atoms with E-state index in [2.05, 4.69) is 36.2 Å². The van der Waals surface area contributed by atoms with Crippen LogP contribution in [-0.4, -0.2) is 23.3 Å². The van der Waals surface area contributed by atoms with Crippen molar-refractivity contribution in [2.45, 2.75) is 72.1 Å². The van der Waals surface area contributed by atoms with Crippen molar-refractivity contribution in [2.75, 3.05) is 7.11 Å². The molecular weight excluding hydrogens is 266 g/mol. The first kappa shape index (κ1) is 16.4. The van der Waals surface area contributed by atoms with E-state index in [4.69, 9.17) is 9.26 Å². The number of ether oxygens (including phenoxy) is 1. The molecule has 5 heteroatoms. The molecule has 0 amide bonds. The summed E-state index contributed by atoms with van der Waals surface area (Å²) in [5.74, 6) is 1.96. The number of aromatic nitrogens is 2.